The molecular weight excluding hydrogens is 176 g/mol. The standard InChI is InChI=1S/C4H8N8O/c5-3(6)9-1-2(10-4(7)8)12-13-11-1/h(H4,5,6,9,11)(H4,7,8,10,12). The molecule has 0 aromatic carbocycles. The molecule has 0 unspecified atom stereocenters. The molecule has 0 radical (unpaired) electrons. The largest absolute Gasteiger partial charge is 0.370 e. The Morgan fingerprint density at radius 2 is 1.31 bits per heavy atom. The molecule has 9 nitrogen and oxygen atoms in total. The van der Waals surface area contributed by atoms with Gasteiger partial charge in [0.15, 0.2) is 11.9 Å². The van der Waals surface area contributed by atoms with Crippen molar-refractivity contribution >= 4 is 23.6 Å². The maximum Gasteiger partial charge on any atom is 0.246 e. The molecule has 0 saturated carbocycles. The van der Waals surface area contributed by atoms with E-state index in [4.69, 9.17) is 22.9 Å². The highest BCUT2D eigenvalue weighted by atomic mass is 16.6. The van der Waals surface area contributed by atoms with Gasteiger partial charge in [0.1, 0.15) is 0 Å². The summed E-state index contributed by atoms with van der Waals surface area (Å²) in [5, 5.41) is 6.72. The van der Waals surface area contributed by atoms with E-state index >= 15 is 0 Å². The van der Waals surface area contributed by atoms with Crippen molar-refractivity contribution in [2.75, 3.05) is 0 Å². The summed E-state index contributed by atoms with van der Waals surface area (Å²) in [5.41, 5.74) is 20.4. The molecule has 1 aromatic heterocycles. The topological polar surface area (TPSA) is 168 Å². The molecule has 0 fully saturated rings. The van der Waals surface area contributed by atoms with Gasteiger partial charge in [-0.3, -0.25) is 0 Å². The number of aromatic nitrogens is 2. The number of hydrogen-bond donors (Lipinski definition) is 4. The van der Waals surface area contributed by atoms with E-state index in [9.17, 15) is 0 Å². The molecule has 1 rings (SSSR count). The minimum Gasteiger partial charge on any atom is -0.370 e. The van der Waals surface area contributed by atoms with Crippen molar-refractivity contribution in [3.05, 3.63) is 0 Å². The quantitative estimate of drug-likeness (QED) is 0.301. The Bertz CT molecular complexity index is 310. The Labute approximate surface area is 72.4 Å². The Morgan fingerprint density at radius 3 is 1.62 bits per heavy atom. The highest BCUT2D eigenvalue weighted by molar-refractivity contribution is 5.82. The lowest BCUT2D eigenvalue weighted by atomic mass is 10.6. The average Bonchev–Trinajstić information content (AvgIpc) is 2.34. The minimum atomic E-state index is -0.192. The molecule has 9 heteroatoms. The van der Waals surface area contributed by atoms with Gasteiger partial charge in [0.05, 0.1) is 0 Å². The van der Waals surface area contributed by atoms with Gasteiger partial charge >= 0.3 is 0 Å². The number of guanidine groups is 2. The van der Waals surface area contributed by atoms with Crippen LogP contribution in [0.1, 0.15) is 0 Å². The van der Waals surface area contributed by atoms with Crippen LogP contribution < -0.4 is 22.9 Å². The van der Waals surface area contributed by atoms with Crippen molar-refractivity contribution in [1.82, 2.24) is 10.3 Å². The first kappa shape index (κ1) is 8.77. The summed E-state index contributed by atoms with van der Waals surface area (Å²) < 4.78 is 4.31. The van der Waals surface area contributed by atoms with Crippen molar-refractivity contribution < 1.29 is 4.63 Å². The number of rotatable bonds is 2. The molecule has 13 heavy (non-hydrogen) atoms. The summed E-state index contributed by atoms with van der Waals surface area (Å²) in [5.74, 6) is -0.340. The number of nitrogens with zero attached hydrogens (tertiary/aromatic N) is 4. The second-order valence-corrected chi connectivity index (χ2v) is 1.98. The van der Waals surface area contributed by atoms with Crippen LogP contribution in [0.15, 0.2) is 14.6 Å². The summed E-state index contributed by atoms with van der Waals surface area (Å²) in [6.07, 6.45) is 0. The predicted octanol–water partition coefficient (Wildman–Crippen LogP) is -2.12. The van der Waals surface area contributed by atoms with Crippen LogP contribution in [0.25, 0.3) is 0 Å². The average molecular weight is 184 g/mol. The maximum atomic E-state index is 5.09. The first-order valence-corrected chi connectivity index (χ1v) is 3.11. The number of hydrogen-bond acceptors (Lipinski definition) is 5. The van der Waals surface area contributed by atoms with Crippen molar-refractivity contribution in [3.63, 3.8) is 0 Å². The molecule has 0 amide bonds. The zero-order valence-electron chi connectivity index (χ0n) is 6.51. The van der Waals surface area contributed by atoms with Crippen molar-refractivity contribution in [3.8, 4) is 0 Å². The van der Waals surface area contributed by atoms with E-state index in [0.717, 1.165) is 0 Å². The van der Waals surface area contributed by atoms with Crippen LogP contribution in [-0.4, -0.2) is 22.2 Å². The Kier molecular flexibility index (Phi) is 2.28. The second kappa shape index (κ2) is 3.38. The van der Waals surface area contributed by atoms with Gasteiger partial charge in [-0.1, -0.05) is 0 Å². The van der Waals surface area contributed by atoms with E-state index in [-0.39, 0.29) is 23.6 Å². The zero-order valence-corrected chi connectivity index (χ0v) is 6.51. The highest BCUT2D eigenvalue weighted by Crippen LogP contribution is 2.21. The van der Waals surface area contributed by atoms with Gasteiger partial charge in [0, 0.05) is 0 Å². The normalized spacial score (nSPS) is 9.23. The third kappa shape index (κ3) is 2.32. The number of nitrogens with two attached hydrogens (primary N) is 4. The van der Waals surface area contributed by atoms with E-state index in [0.29, 0.717) is 0 Å². The van der Waals surface area contributed by atoms with Crippen LogP contribution in [0, 0.1) is 0 Å². The summed E-state index contributed by atoms with van der Waals surface area (Å²) >= 11 is 0. The lowest BCUT2D eigenvalue weighted by Gasteiger charge is -1.89. The molecule has 8 N–H and O–H groups in total. The fourth-order valence-electron chi connectivity index (χ4n) is 0.565. The highest BCUT2D eigenvalue weighted by Gasteiger charge is 2.07. The molecule has 0 aliphatic heterocycles. The molecule has 70 valence electrons. The lowest BCUT2D eigenvalue weighted by Crippen LogP contribution is -2.22. The van der Waals surface area contributed by atoms with Crippen molar-refractivity contribution in [2.45, 2.75) is 0 Å². The number of aliphatic imine (C=N–C) groups is 2. The fourth-order valence-corrected chi connectivity index (χ4v) is 0.565. The molecular formula is C4H8N8O. The summed E-state index contributed by atoms with van der Waals surface area (Å²) in [7, 11) is 0. The minimum absolute atomic E-state index is 0.0217. The maximum absolute atomic E-state index is 5.09. The Balaban J connectivity index is 3.03. The van der Waals surface area contributed by atoms with Crippen LogP contribution >= 0.6 is 0 Å². The van der Waals surface area contributed by atoms with E-state index in [1.165, 1.54) is 0 Å². The molecule has 0 aliphatic carbocycles. The third-order valence-corrected chi connectivity index (χ3v) is 0.925. The first-order valence-electron chi connectivity index (χ1n) is 3.11. The fraction of sp³-hybridized carbons (Fsp3) is 0. The van der Waals surface area contributed by atoms with Crippen LogP contribution in [0.3, 0.4) is 0 Å². The van der Waals surface area contributed by atoms with Crippen LogP contribution in [0.5, 0.6) is 0 Å². The SMILES string of the molecule is NC(N)=Nc1nonc1N=C(N)N. The van der Waals surface area contributed by atoms with E-state index in [1.807, 2.05) is 0 Å². The smallest absolute Gasteiger partial charge is 0.246 e. The van der Waals surface area contributed by atoms with Crippen molar-refractivity contribution in [2.24, 2.45) is 32.9 Å². The Hall–Kier alpha value is -2.32. The lowest BCUT2D eigenvalue weighted by molar-refractivity contribution is 0.309. The molecule has 0 saturated heterocycles. The van der Waals surface area contributed by atoms with Gasteiger partial charge in [-0.05, 0) is 10.3 Å². The van der Waals surface area contributed by atoms with E-state index in [2.05, 4.69) is 24.9 Å². The van der Waals surface area contributed by atoms with Gasteiger partial charge in [-0.15, -0.1) is 0 Å². The van der Waals surface area contributed by atoms with Gasteiger partial charge in [-0.25, -0.2) is 4.63 Å². The van der Waals surface area contributed by atoms with Gasteiger partial charge in [0.2, 0.25) is 11.6 Å². The summed E-state index contributed by atoms with van der Waals surface area (Å²) in [4.78, 5) is 7.12. The molecule has 0 bridgehead atoms. The van der Waals surface area contributed by atoms with Crippen LogP contribution in [0.2, 0.25) is 0 Å². The third-order valence-electron chi connectivity index (χ3n) is 0.925. The van der Waals surface area contributed by atoms with Crippen LogP contribution in [-0.2, 0) is 0 Å². The van der Waals surface area contributed by atoms with Crippen molar-refractivity contribution in [1.29, 1.82) is 0 Å². The first-order chi connectivity index (χ1) is 6.09. The molecule has 1 aromatic rings. The molecule has 0 atom stereocenters. The van der Waals surface area contributed by atoms with Crippen LogP contribution in [0.4, 0.5) is 11.6 Å². The van der Waals surface area contributed by atoms with E-state index < -0.39 is 0 Å². The monoisotopic (exact) mass is 184 g/mol. The molecule has 1 heterocycles. The summed E-state index contributed by atoms with van der Waals surface area (Å²) in [6, 6.07) is 0. The Morgan fingerprint density at radius 1 is 0.923 bits per heavy atom. The molecule has 0 aliphatic rings. The molecule has 0 spiro atoms. The predicted molar refractivity (Wildman–Crippen MR) is 45.2 cm³/mol. The van der Waals surface area contributed by atoms with Gasteiger partial charge in [0.25, 0.3) is 0 Å². The van der Waals surface area contributed by atoms with Gasteiger partial charge < -0.3 is 22.9 Å². The second-order valence-electron chi connectivity index (χ2n) is 1.98. The zero-order chi connectivity index (χ0) is 9.84. The van der Waals surface area contributed by atoms with E-state index in [1.54, 1.807) is 0 Å². The van der Waals surface area contributed by atoms with Gasteiger partial charge in [-0.2, -0.15) is 9.98 Å². The summed E-state index contributed by atoms with van der Waals surface area (Å²) in [6.45, 7) is 0.